The lowest BCUT2D eigenvalue weighted by Gasteiger charge is -2.16. The normalized spacial score (nSPS) is 12.7. The molecule has 0 saturated heterocycles. The summed E-state index contributed by atoms with van der Waals surface area (Å²) in [6.45, 7) is 0.651. The SMILES string of the molecule is O=C(Nc1ccc2c(c1)CCN2C(=O)c1cccs1)c1cccc(Cl)c1. The molecular weight excluding hydrogens is 368 g/mol. The number of halogens is 1. The summed E-state index contributed by atoms with van der Waals surface area (Å²) in [6.07, 6.45) is 0.771. The van der Waals surface area contributed by atoms with Crippen molar-refractivity contribution in [2.24, 2.45) is 0 Å². The lowest BCUT2D eigenvalue weighted by molar-refractivity contribution is 0.0991. The summed E-state index contributed by atoms with van der Waals surface area (Å²) in [4.78, 5) is 27.5. The quantitative estimate of drug-likeness (QED) is 0.703. The van der Waals surface area contributed by atoms with Gasteiger partial charge in [0.15, 0.2) is 0 Å². The fraction of sp³-hybridized carbons (Fsp3) is 0.100. The number of benzene rings is 2. The van der Waals surface area contributed by atoms with Gasteiger partial charge >= 0.3 is 0 Å². The van der Waals surface area contributed by atoms with Crippen LogP contribution in [0.4, 0.5) is 11.4 Å². The molecule has 0 radical (unpaired) electrons. The Kier molecular flexibility index (Phi) is 4.49. The zero-order chi connectivity index (χ0) is 18.1. The number of hydrogen-bond donors (Lipinski definition) is 1. The number of anilines is 2. The maximum absolute atomic E-state index is 12.6. The van der Waals surface area contributed by atoms with E-state index in [1.165, 1.54) is 11.3 Å². The van der Waals surface area contributed by atoms with E-state index >= 15 is 0 Å². The highest BCUT2D eigenvalue weighted by molar-refractivity contribution is 7.12. The average Bonchev–Trinajstić information content (AvgIpc) is 3.31. The summed E-state index contributed by atoms with van der Waals surface area (Å²) in [5, 5.41) is 5.31. The molecule has 0 saturated carbocycles. The molecule has 0 fully saturated rings. The summed E-state index contributed by atoms with van der Waals surface area (Å²) in [6, 6.07) is 16.2. The average molecular weight is 383 g/mol. The molecule has 2 amide bonds. The Morgan fingerprint density at radius 1 is 1.08 bits per heavy atom. The number of thiophene rings is 1. The molecule has 1 aliphatic heterocycles. The molecule has 1 aliphatic rings. The van der Waals surface area contributed by atoms with Crippen LogP contribution in [0, 0.1) is 0 Å². The second-order valence-electron chi connectivity index (χ2n) is 5.99. The van der Waals surface area contributed by atoms with E-state index in [1.54, 1.807) is 29.2 Å². The van der Waals surface area contributed by atoms with Crippen LogP contribution in [0.5, 0.6) is 0 Å². The second kappa shape index (κ2) is 6.94. The van der Waals surface area contributed by atoms with Crippen LogP contribution in [0.1, 0.15) is 25.6 Å². The summed E-state index contributed by atoms with van der Waals surface area (Å²) in [5.41, 5.74) is 3.18. The van der Waals surface area contributed by atoms with Crippen molar-refractivity contribution in [3.8, 4) is 0 Å². The highest BCUT2D eigenvalue weighted by Gasteiger charge is 2.26. The minimum atomic E-state index is -0.211. The Bertz CT molecular complexity index is 985. The van der Waals surface area contributed by atoms with Gasteiger partial charge in [-0.15, -0.1) is 11.3 Å². The van der Waals surface area contributed by atoms with Gasteiger partial charge in [-0.05, 0) is 59.8 Å². The first kappa shape index (κ1) is 16.8. The summed E-state index contributed by atoms with van der Waals surface area (Å²) in [7, 11) is 0. The molecule has 3 aromatic rings. The van der Waals surface area contributed by atoms with Crippen molar-refractivity contribution in [3.05, 3.63) is 81.0 Å². The van der Waals surface area contributed by atoms with E-state index in [1.807, 2.05) is 35.7 Å². The van der Waals surface area contributed by atoms with Crippen molar-refractivity contribution in [1.82, 2.24) is 0 Å². The van der Waals surface area contributed by atoms with Gasteiger partial charge in [-0.2, -0.15) is 0 Å². The monoisotopic (exact) mass is 382 g/mol. The van der Waals surface area contributed by atoms with E-state index in [-0.39, 0.29) is 11.8 Å². The number of nitrogens with zero attached hydrogens (tertiary/aromatic N) is 1. The maximum atomic E-state index is 12.6. The predicted molar refractivity (Wildman–Crippen MR) is 106 cm³/mol. The molecule has 26 heavy (non-hydrogen) atoms. The molecule has 4 nitrogen and oxygen atoms in total. The van der Waals surface area contributed by atoms with Gasteiger partial charge in [0.1, 0.15) is 0 Å². The number of carbonyl (C=O) groups excluding carboxylic acids is 2. The molecule has 1 aromatic heterocycles. The van der Waals surface area contributed by atoms with Crippen LogP contribution >= 0.6 is 22.9 Å². The zero-order valence-electron chi connectivity index (χ0n) is 13.7. The molecule has 0 bridgehead atoms. The Morgan fingerprint density at radius 3 is 2.73 bits per heavy atom. The highest BCUT2D eigenvalue weighted by atomic mass is 35.5. The molecule has 0 atom stereocenters. The molecule has 4 rings (SSSR count). The molecule has 0 unspecified atom stereocenters. The fourth-order valence-corrected chi connectivity index (χ4v) is 3.92. The molecule has 130 valence electrons. The first-order chi connectivity index (χ1) is 12.6. The van der Waals surface area contributed by atoms with E-state index in [2.05, 4.69) is 5.32 Å². The van der Waals surface area contributed by atoms with E-state index in [4.69, 9.17) is 11.6 Å². The van der Waals surface area contributed by atoms with Gasteiger partial charge in [-0.25, -0.2) is 0 Å². The lowest BCUT2D eigenvalue weighted by atomic mass is 10.1. The van der Waals surface area contributed by atoms with E-state index in [9.17, 15) is 9.59 Å². The van der Waals surface area contributed by atoms with Crippen LogP contribution < -0.4 is 10.2 Å². The van der Waals surface area contributed by atoms with Crippen LogP contribution in [0.25, 0.3) is 0 Å². The second-order valence-corrected chi connectivity index (χ2v) is 7.38. The number of amides is 2. The van der Waals surface area contributed by atoms with Crippen LogP contribution in [0.3, 0.4) is 0 Å². The number of hydrogen-bond acceptors (Lipinski definition) is 3. The summed E-state index contributed by atoms with van der Waals surface area (Å²) in [5.74, 6) is -0.188. The van der Waals surface area contributed by atoms with Crippen molar-refractivity contribution in [1.29, 1.82) is 0 Å². The number of carbonyl (C=O) groups is 2. The van der Waals surface area contributed by atoms with Gasteiger partial charge < -0.3 is 10.2 Å². The van der Waals surface area contributed by atoms with Gasteiger partial charge in [0.2, 0.25) is 0 Å². The van der Waals surface area contributed by atoms with Crippen LogP contribution in [-0.2, 0) is 6.42 Å². The Hall–Kier alpha value is -2.63. The van der Waals surface area contributed by atoms with Crippen molar-refractivity contribution < 1.29 is 9.59 Å². The van der Waals surface area contributed by atoms with Gasteiger partial charge in [0.25, 0.3) is 11.8 Å². The van der Waals surface area contributed by atoms with Gasteiger partial charge in [0.05, 0.1) is 4.88 Å². The summed E-state index contributed by atoms with van der Waals surface area (Å²) < 4.78 is 0. The van der Waals surface area contributed by atoms with Crippen molar-refractivity contribution >= 4 is 46.1 Å². The lowest BCUT2D eigenvalue weighted by Crippen LogP contribution is -2.28. The highest BCUT2D eigenvalue weighted by Crippen LogP contribution is 2.32. The van der Waals surface area contributed by atoms with Crippen LogP contribution in [0.15, 0.2) is 60.0 Å². The first-order valence-corrected chi connectivity index (χ1v) is 9.43. The molecule has 6 heteroatoms. The van der Waals surface area contributed by atoms with E-state index < -0.39 is 0 Å². The molecule has 2 heterocycles. The smallest absolute Gasteiger partial charge is 0.268 e. The van der Waals surface area contributed by atoms with E-state index in [0.29, 0.717) is 22.8 Å². The van der Waals surface area contributed by atoms with Crippen molar-refractivity contribution in [2.75, 3.05) is 16.8 Å². The summed E-state index contributed by atoms with van der Waals surface area (Å²) >= 11 is 7.38. The predicted octanol–water partition coefficient (Wildman–Crippen LogP) is 4.86. The fourth-order valence-electron chi connectivity index (χ4n) is 3.06. The molecule has 0 aliphatic carbocycles. The number of fused-ring (bicyclic) bond motifs is 1. The largest absolute Gasteiger partial charge is 0.322 e. The third kappa shape index (κ3) is 3.23. The van der Waals surface area contributed by atoms with Crippen molar-refractivity contribution in [3.63, 3.8) is 0 Å². The molecular formula is C20H15ClN2O2S. The van der Waals surface area contributed by atoms with Gasteiger partial charge in [-0.3, -0.25) is 9.59 Å². The zero-order valence-corrected chi connectivity index (χ0v) is 15.3. The maximum Gasteiger partial charge on any atom is 0.268 e. The molecule has 1 N–H and O–H groups in total. The van der Waals surface area contributed by atoms with Crippen LogP contribution in [0.2, 0.25) is 5.02 Å². The first-order valence-electron chi connectivity index (χ1n) is 8.17. The minimum absolute atomic E-state index is 0.0227. The molecule has 0 spiro atoms. The Labute approximate surface area is 160 Å². The third-order valence-corrected chi connectivity index (χ3v) is 5.39. The van der Waals surface area contributed by atoms with Crippen LogP contribution in [-0.4, -0.2) is 18.4 Å². The Morgan fingerprint density at radius 2 is 1.96 bits per heavy atom. The minimum Gasteiger partial charge on any atom is -0.322 e. The number of nitrogens with one attached hydrogen (secondary N) is 1. The third-order valence-electron chi connectivity index (χ3n) is 4.30. The van der Waals surface area contributed by atoms with Gasteiger partial charge in [-0.1, -0.05) is 23.7 Å². The van der Waals surface area contributed by atoms with Crippen molar-refractivity contribution in [2.45, 2.75) is 6.42 Å². The van der Waals surface area contributed by atoms with Gasteiger partial charge in [0, 0.05) is 28.5 Å². The Balaban J connectivity index is 1.53. The topological polar surface area (TPSA) is 49.4 Å². The number of rotatable bonds is 3. The molecule has 2 aromatic carbocycles. The van der Waals surface area contributed by atoms with E-state index in [0.717, 1.165) is 22.5 Å². The standard InChI is InChI=1S/C20H15ClN2O2S/c21-15-4-1-3-14(11-15)19(24)22-16-6-7-17-13(12-16)8-9-23(17)20(25)18-5-2-10-26-18/h1-7,10-12H,8-9H2,(H,22,24).